The number of nitrogens with one attached hydrogen (secondary N) is 2. The third-order valence-electron chi connectivity index (χ3n) is 4.98. The summed E-state index contributed by atoms with van der Waals surface area (Å²) in [5.41, 5.74) is 2.64. The molecule has 1 saturated carbocycles. The van der Waals surface area contributed by atoms with Gasteiger partial charge in [-0.2, -0.15) is 5.10 Å². The van der Waals surface area contributed by atoms with E-state index in [0.717, 1.165) is 12.6 Å². The molecule has 2 aromatic rings. The maximum Gasteiger partial charge on any atom is 0.0490 e. The summed E-state index contributed by atoms with van der Waals surface area (Å²) >= 11 is 0. The third-order valence-corrected chi connectivity index (χ3v) is 4.98. The van der Waals surface area contributed by atoms with Crippen LogP contribution in [0.1, 0.15) is 43.0 Å². The van der Waals surface area contributed by atoms with E-state index in [2.05, 4.69) is 50.7 Å². The lowest BCUT2D eigenvalue weighted by Crippen LogP contribution is -2.45. The average Bonchev–Trinajstić information content (AvgIpc) is 3.29. The van der Waals surface area contributed by atoms with E-state index in [1.165, 1.54) is 43.5 Å². The quantitative estimate of drug-likeness (QED) is 0.891. The Morgan fingerprint density at radius 2 is 2.00 bits per heavy atom. The first-order valence-corrected chi connectivity index (χ1v) is 8.42. The van der Waals surface area contributed by atoms with Crippen molar-refractivity contribution in [2.24, 2.45) is 0 Å². The van der Waals surface area contributed by atoms with Crippen LogP contribution in [-0.4, -0.2) is 33.7 Å². The first-order valence-electron chi connectivity index (χ1n) is 8.42. The zero-order valence-corrected chi connectivity index (χ0v) is 12.9. The molecule has 0 bridgehead atoms. The summed E-state index contributed by atoms with van der Waals surface area (Å²) in [5, 5.41) is 10.8. The maximum atomic E-state index is 4.02. The minimum absolute atomic E-state index is 0.571. The Balaban J connectivity index is 1.44. The summed E-state index contributed by atoms with van der Waals surface area (Å²) < 4.78 is 0. The summed E-state index contributed by atoms with van der Waals surface area (Å²) in [4.78, 5) is 2.74. The Morgan fingerprint density at radius 1 is 1.14 bits per heavy atom. The molecule has 4 nitrogen and oxygen atoms in total. The number of hydrogen-bond donors (Lipinski definition) is 2. The van der Waals surface area contributed by atoms with Gasteiger partial charge in [0.05, 0.1) is 0 Å². The highest BCUT2D eigenvalue weighted by atomic mass is 15.2. The standard InChI is InChI=1S/C18H24N4/c1-2-4-14(5-3-1)18-12-15(9-11-22(18)17-6-7-17)19-13-16-8-10-20-21-16/h1-5,8,10,15,17-19H,6-7,9,11-13H2,(H,20,21). The van der Waals surface area contributed by atoms with Crippen molar-refractivity contribution < 1.29 is 0 Å². The number of hydrogen-bond acceptors (Lipinski definition) is 3. The molecule has 0 radical (unpaired) electrons. The van der Waals surface area contributed by atoms with Crippen molar-refractivity contribution in [2.75, 3.05) is 6.54 Å². The molecule has 2 atom stereocenters. The van der Waals surface area contributed by atoms with Gasteiger partial charge in [0.2, 0.25) is 0 Å². The second-order valence-corrected chi connectivity index (χ2v) is 6.58. The normalized spacial score (nSPS) is 26.2. The molecule has 1 aliphatic carbocycles. The SMILES string of the molecule is c1ccc(C2CC(NCc3ccn[nH]3)CCN2C2CC2)cc1. The first kappa shape index (κ1) is 14.0. The van der Waals surface area contributed by atoms with Crippen LogP contribution >= 0.6 is 0 Å². The van der Waals surface area contributed by atoms with E-state index in [0.29, 0.717) is 12.1 Å². The fourth-order valence-corrected chi connectivity index (χ4v) is 3.65. The van der Waals surface area contributed by atoms with Crippen LogP contribution in [0.4, 0.5) is 0 Å². The van der Waals surface area contributed by atoms with Gasteiger partial charge >= 0.3 is 0 Å². The summed E-state index contributed by atoms with van der Waals surface area (Å²) in [5.74, 6) is 0. The topological polar surface area (TPSA) is 44.0 Å². The number of likely N-dealkylation sites (tertiary alicyclic amines) is 1. The third kappa shape index (κ3) is 3.08. The van der Waals surface area contributed by atoms with E-state index in [-0.39, 0.29) is 0 Å². The van der Waals surface area contributed by atoms with Crippen LogP contribution in [0, 0.1) is 0 Å². The molecular formula is C18H24N4. The summed E-state index contributed by atoms with van der Waals surface area (Å²) in [6, 6.07) is 15.1. The lowest BCUT2D eigenvalue weighted by atomic mass is 9.91. The largest absolute Gasteiger partial charge is 0.308 e. The number of aromatic amines is 1. The predicted octanol–water partition coefficient (Wildman–Crippen LogP) is 2.87. The Morgan fingerprint density at radius 3 is 2.73 bits per heavy atom. The minimum Gasteiger partial charge on any atom is -0.308 e. The highest BCUT2D eigenvalue weighted by molar-refractivity contribution is 5.21. The monoisotopic (exact) mass is 296 g/mol. The lowest BCUT2D eigenvalue weighted by molar-refractivity contribution is 0.116. The van der Waals surface area contributed by atoms with Crippen LogP contribution in [-0.2, 0) is 6.54 Å². The molecule has 1 aliphatic heterocycles. The summed E-state index contributed by atoms with van der Waals surface area (Å²) in [6.07, 6.45) is 7.03. The number of aromatic nitrogens is 2. The van der Waals surface area contributed by atoms with Gasteiger partial charge in [-0.25, -0.2) is 0 Å². The van der Waals surface area contributed by atoms with Crippen molar-refractivity contribution in [2.45, 2.75) is 50.4 Å². The highest BCUT2D eigenvalue weighted by Gasteiger charge is 2.38. The van der Waals surface area contributed by atoms with Crippen molar-refractivity contribution in [3.05, 3.63) is 53.9 Å². The fourth-order valence-electron chi connectivity index (χ4n) is 3.65. The Bertz CT molecular complexity index is 576. The molecule has 0 amide bonds. The molecule has 2 N–H and O–H groups in total. The number of rotatable bonds is 5. The molecule has 2 fully saturated rings. The summed E-state index contributed by atoms with van der Waals surface area (Å²) in [7, 11) is 0. The Kier molecular flexibility index (Phi) is 3.95. The van der Waals surface area contributed by atoms with E-state index >= 15 is 0 Å². The molecule has 0 spiro atoms. The molecule has 116 valence electrons. The van der Waals surface area contributed by atoms with Gasteiger partial charge in [-0.05, 0) is 37.3 Å². The van der Waals surface area contributed by atoms with E-state index in [9.17, 15) is 0 Å². The highest BCUT2D eigenvalue weighted by Crippen LogP contribution is 2.39. The molecule has 1 aromatic heterocycles. The van der Waals surface area contributed by atoms with Crippen molar-refractivity contribution in [3.8, 4) is 0 Å². The zero-order valence-electron chi connectivity index (χ0n) is 12.9. The van der Waals surface area contributed by atoms with Gasteiger partial charge in [0.25, 0.3) is 0 Å². The van der Waals surface area contributed by atoms with Gasteiger partial charge in [0.1, 0.15) is 0 Å². The van der Waals surface area contributed by atoms with Crippen LogP contribution in [0.5, 0.6) is 0 Å². The molecule has 2 aliphatic rings. The zero-order chi connectivity index (χ0) is 14.8. The molecule has 4 rings (SSSR count). The number of H-pyrrole nitrogens is 1. The summed E-state index contributed by atoms with van der Waals surface area (Å²) in [6.45, 7) is 2.10. The van der Waals surface area contributed by atoms with E-state index < -0.39 is 0 Å². The van der Waals surface area contributed by atoms with Gasteiger partial charge in [-0.1, -0.05) is 30.3 Å². The molecule has 2 unspecified atom stereocenters. The average molecular weight is 296 g/mol. The van der Waals surface area contributed by atoms with Crippen molar-refractivity contribution >= 4 is 0 Å². The van der Waals surface area contributed by atoms with Gasteiger partial charge in [-0.3, -0.25) is 10.00 Å². The van der Waals surface area contributed by atoms with Crippen LogP contribution in [0.2, 0.25) is 0 Å². The molecule has 1 saturated heterocycles. The van der Waals surface area contributed by atoms with Crippen molar-refractivity contribution in [1.82, 2.24) is 20.4 Å². The molecule has 22 heavy (non-hydrogen) atoms. The van der Waals surface area contributed by atoms with Crippen LogP contribution in [0.15, 0.2) is 42.6 Å². The minimum atomic E-state index is 0.571. The number of benzene rings is 1. The predicted molar refractivity (Wildman–Crippen MR) is 87.4 cm³/mol. The fraction of sp³-hybridized carbons (Fsp3) is 0.500. The van der Waals surface area contributed by atoms with E-state index in [1.54, 1.807) is 0 Å². The molecular weight excluding hydrogens is 272 g/mol. The van der Waals surface area contributed by atoms with Gasteiger partial charge in [0, 0.05) is 43.1 Å². The Labute approximate surface area is 131 Å². The number of nitrogens with zero attached hydrogens (tertiary/aromatic N) is 2. The lowest BCUT2D eigenvalue weighted by Gasteiger charge is -2.40. The molecule has 2 heterocycles. The second kappa shape index (κ2) is 6.23. The van der Waals surface area contributed by atoms with Crippen LogP contribution in [0.3, 0.4) is 0 Å². The van der Waals surface area contributed by atoms with E-state index in [1.807, 2.05) is 12.3 Å². The Hall–Kier alpha value is -1.65. The van der Waals surface area contributed by atoms with Gasteiger partial charge in [-0.15, -0.1) is 0 Å². The van der Waals surface area contributed by atoms with E-state index in [4.69, 9.17) is 0 Å². The smallest absolute Gasteiger partial charge is 0.0490 e. The van der Waals surface area contributed by atoms with Crippen molar-refractivity contribution in [1.29, 1.82) is 0 Å². The second-order valence-electron chi connectivity index (χ2n) is 6.58. The first-order chi connectivity index (χ1) is 10.9. The van der Waals surface area contributed by atoms with Crippen LogP contribution < -0.4 is 5.32 Å². The molecule has 4 heteroatoms. The van der Waals surface area contributed by atoms with Crippen molar-refractivity contribution in [3.63, 3.8) is 0 Å². The van der Waals surface area contributed by atoms with Crippen LogP contribution in [0.25, 0.3) is 0 Å². The molecule has 1 aromatic carbocycles. The maximum absolute atomic E-state index is 4.02. The van der Waals surface area contributed by atoms with Gasteiger partial charge < -0.3 is 5.32 Å². The van der Waals surface area contributed by atoms with Gasteiger partial charge in [0.15, 0.2) is 0 Å². The number of piperidine rings is 1.